The van der Waals surface area contributed by atoms with E-state index in [9.17, 15) is 4.79 Å². The van der Waals surface area contributed by atoms with E-state index in [-0.39, 0.29) is 11.4 Å². The number of hydrogen-bond donors (Lipinski definition) is 2. The van der Waals surface area contributed by atoms with Gasteiger partial charge in [-0.15, -0.1) is 0 Å². The fourth-order valence-corrected chi connectivity index (χ4v) is 4.01. The molecule has 9 nitrogen and oxygen atoms in total. The summed E-state index contributed by atoms with van der Waals surface area (Å²) in [7, 11) is 1.60. The van der Waals surface area contributed by atoms with Gasteiger partial charge in [0.25, 0.3) is 5.56 Å². The zero-order valence-electron chi connectivity index (χ0n) is 17.8. The molecule has 0 bridgehead atoms. The monoisotopic (exact) mass is 435 g/mol. The highest BCUT2D eigenvalue weighted by Crippen LogP contribution is 2.29. The average Bonchev–Trinajstić information content (AvgIpc) is 3.18. The lowest BCUT2D eigenvalue weighted by Crippen LogP contribution is -2.38. The molecule has 0 atom stereocenters. The molecule has 1 fully saturated rings. The third kappa shape index (κ3) is 3.76. The highest BCUT2D eigenvalue weighted by molar-refractivity contribution is 6.07. The second-order valence-electron chi connectivity index (χ2n) is 7.69. The summed E-state index contributed by atoms with van der Waals surface area (Å²) in [4.78, 5) is 18.1. The predicted octanol–water partition coefficient (Wildman–Crippen LogP) is 2.17. The molecule has 0 radical (unpaired) electrons. The van der Waals surface area contributed by atoms with Gasteiger partial charge in [-0.05, 0) is 24.3 Å². The summed E-state index contributed by atoms with van der Waals surface area (Å²) < 4.78 is 18.2. The summed E-state index contributed by atoms with van der Waals surface area (Å²) in [6.45, 7) is 4.76. The van der Waals surface area contributed by atoms with Crippen molar-refractivity contribution in [2.45, 2.75) is 0 Å². The number of rotatable bonds is 6. The van der Waals surface area contributed by atoms with Gasteiger partial charge in [0.1, 0.15) is 34.8 Å². The highest BCUT2D eigenvalue weighted by atomic mass is 16.5. The van der Waals surface area contributed by atoms with Crippen molar-refractivity contribution >= 4 is 27.6 Å². The van der Waals surface area contributed by atoms with E-state index >= 15 is 0 Å². The number of fused-ring (bicyclic) bond motifs is 3. The average molecular weight is 435 g/mol. The number of anilines is 1. The number of H-pyrrole nitrogens is 1. The molecule has 32 heavy (non-hydrogen) atoms. The van der Waals surface area contributed by atoms with Gasteiger partial charge in [-0.3, -0.25) is 9.69 Å². The Morgan fingerprint density at radius 3 is 2.81 bits per heavy atom. The first kappa shape index (κ1) is 20.3. The summed E-state index contributed by atoms with van der Waals surface area (Å²) in [6.07, 6.45) is 0. The second-order valence-corrected chi connectivity index (χ2v) is 7.69. The van der Waals surface area contributed by atoms with Crippen molar-refractivity contribution in [2.75, 3.05) is 52.3 Å². The van der Waals surface area contributed by atoms with Crippen LogP contribution < -0.4 is 20.8 Å². The summed E-state index contributed by atoms with van der Waals surface area (Å²) in [5.74, 6) is 1.65. The molecule has 0 aliphatic carbocycles. The number of nitrogens with two attached hydrogens (primary N) is 1. The largest absolute Gasteiger partial charge is 0.497 e. The second kappa shape index (κ2) is 8.52. The zero-order chi connectivity index (χ0) is 22.1. The Morgan fingerprint density at radius 2 is 2.00 bits per heavy atom. The minimum Gasteiger partial charge on any atom is -0.497 e. The van der Waals surface area contributed by atoms with E-state index in [4.69, 9.17) is 19.9 Å². The van der Waals surface area contributed by atoms with Crippen LogP contribution in [0.4, 0.5) is 5.82 Å². The Kier molecular flexibility index (Phi) is 5.42. The molecular weight excluding hydrogens is 410 g/mol. The van der Waals surface area contributed by atoms with Gasteiger partial charge in [-0.1, -0.05) is 6.07 Å². The molecule has 2 aromatic carbocycles. The van der Waals surface area contributed by atoms with Gasteiger partial charge in [0, 0.05) is 37.2 Å². The van der Waals surface area contributed by atoms with Crippen LogP contribution in [0.1, 0.15) is 0 Å². The number of morpholine rings is 1. The van der Waals surface area contributed by atoms with E-state index in [1.54, 1.807) is 11.8 Å². The van der Waals surface area contributed by atoms with E-state index in [0.717, 1.165) is 38.2 Å². The molecule has 0 amide bonds. The van der Waals surface area contributed by atoms with Gasteiger partial charge in [-0.25, -0.2) is 4.68 Å². The Morgan fingerprint density at radius 1 is 1.16 bits per heavy atom. The van der Waals surface area contributed by atoms with Crippen LogP contribution >= 0.6 is 0 Å². The van der Waals surface area contributed by atoms with Crippen LogP contribution in [0.2, 0.25) is 0 Å². The minimum atomic E-state index is -0.287. The fraction of sp³-hybridized carbons (Fsp3) is 0.304. The quantitative estimate of drug-likeness (QED) is 0.478. The summed E-state index contributed by atoms with van der Waals surface area (Å²) in [6, 6.07) is 13.0. The van der Waals surface area contributed by atoms with Crippen molar-refractivity contribution in [3.05, 3.63) is 52.8 Å². The smallest absolute Gasteiger partial charge is 0.261 e. The number of nitrogens with one attached hydrogen (secondary N) is 1. The van der Waals surface area contributed by atoms with E-state index < -0.39 is 0 Å². The number of nitrogen functional groups attached to an aromatic ring is 1. The maximum atomic E-state index is 12.8. The topological polar surface area (TPSA) is 108 Å². The molecule has 0 unspecified atom stereocenters. The van der Waals surface area contributed by atoms with Crippen molar-refractivity contribution in [1.29, 1.82) is 0 Å². The van der Waals surface area contributed by atoms with Gasteiger partial charge in [0.15, 0.2) is 0 Å². The van der Waals surface area contributed by atoms with Crippen LogP contribution in [0.15, 0.2) is 47.3 Å². The number of pyridine rings is 1. The van der Waals surface area contributed by atoms with Crippen molar-refractivity contribution < 1.29 is 14.2 Å². The number of nitrogens with zero attached hydrogens (tertiary/aromatic N) is 3. The van der Waals surface area contributed by atoms with Crippen LogP contribution in [0.3, 0.4) is 0 Å². The molecule has 4 aromatic rings. The SMILES string of the molecule is COc1cccc(-n2nc3c(c2N)c(=O)[nH]c2cc(OCCN4CCOCC4)ccc23)c1. The molecule has 2 aromatic heterocycles. The molecule has 0 saturated carbocycles. The van der Waals surface area contributed by atoms with Gasteiger partial charge in [-0.2, -0.15) is 5.10 Å². The first-order valence-corrected chi connectivity index (χ1v) is 10.6. The highest BCUT2D eigenvalue weighted by Gasteiger charge is 2.17. The van der Waals surface area contributed by atoms with Gasteiger partial charge >= 0.3 is 0 Å². The molecule has 5 rings (SSSR count). The van der Waals surface area contributed by atoms with E-state index in [1.165, 1.54) is 0 Å². The molecule has 1 aliphatic heterocycles. The normalized spacial score (nSPS) is 14.8. The summed E-state index contributed by atoms with van der Waals surface area (Å²) >= 11 is 0. The number of methoxy groups -OCH3 is 1. The van der Waals surface area contributed by atoms with Gasteiger partial charge < -0.3 is 24.9 Å². The molecule has 9 heteroatoms. The van der Waals surface area contributed by atoms with E-state index in [0.29, 0.717) is 40.2 Å². The fourth-order valence-electron chi connectivity index (χ4n) is 4.01. The third-order valence-electron chi connectivity index (χ3n) is 5.72. The molecule has 166 valence electrons. The predicted molar refractivity (Wildman–Crippen MR) is 123 cm³/mol. The van der Waals surface area contributed by atoms with Gasteiger partial charge in [0.2, 0.25) is 0 Å². The van der Waals surface area contributed by atoms with Crippen LogP contribution in [0, 0.1) is 0 Å². The first-order valence-electron chi connectivity index (χ1n) is 10.6. The maximum Gasteiger partial charge on any atom is 0.261 e. The number of ether oxygens (including phenoxy) is 3. The molecule has 1 saturated heterocycles. The Balaban J connectivity index is 1.47. The van der Waals surface area contributed by atoms with Gasteiger partial charge in [0.05, 0.1) is 31.5 Å². The lowest BCUT2D eigenvalue weighted by atomic mass is 10.1. The number of aromatic nitrogens is 3. The van der Waals surface area contributed by atoms with Crippen molar-refractivity contribution in [3.63, 3.8) is 0 Å². The lowest BCUT2D eigenvalue weighted by Gasteiger charge is -2.26. The van der Waals surface area contributed by atoms with Crippen molar-refractivity contribution in [2.24, 2.45) is 0 Å². The van der Waals surface area contributed by atoms with Crippen LogP contribution in [-0.4, -0.2) is 66.2 Å². The Hall–Kier alpha value is -3.56. The standard InChI is InChI=1S/C23H25N5O4/c1-30-16-4-2-3-15(13-16)28-22(24)20-21(26-28)18-6-5-17(14-19(18)25-23(20)29)32-12-9-27-7-10-31-11-8-27/h2-6,13-14H,7-12,24H2,1H3,(H,25,29). The lowest BCUT2D eigenvalue weighted by molar-refractivity contribution is 0.0322. The third-order valence-corrected chi connectivity index (χ3v) is 5.72. The van der Waals surface area contributed by atoms with Crippen LogP contribution in [0.5, 0.6) is 11.5 Å². The zero-order valence-corrected chi connectivity index (χ0v) is 17.8. The maximum absolute atomic E-state index is 12.8. The Bertz CT molecular complexity index is 1320. The molecule has 0 spiro atoms. The summed E-state index contributed by atoms with van der Waals surface area (Å²) in [5, 5.41) is 5.82. The van der Waals surface area contributed by atoms with Crippen LogP contribution in [0.25, 0.3) is 27.5 Å². The Labute approximate surface area is 184 Å². The molecular formula is C23H25N5O4. The van der Waals surface area contributed by atoms with E-state index in [2.05, 4.69) is 15.0 Å². The minimum absolute atomic E-state index is 0.280. The number of aromatic amines is 1. The molecule has 1 aliphatic rings. The van der Waals surface area contributed by atoms with Crippen LogP contribution in [-0.2, 0) is 4.74 Å². The first-order chi connectivity index (χ1) is 15.6. The number of hydrogen-bond acceptors (Lipinski definition) is 7. The van der Waals surface area contributed by atoms with E-state index in [1.807, 2.05) is 42.5 Å². The van der Waals surface area contributed by atoms with Crippen molar-refractivity contribution in [1.82, 2.24) is 19.7 Å². The van der Waals surface area contributed by atoms with Crippen molar-refractivity contribution in [3.8, 4) is 17.2 Å². The molecule has 3 N–H and O–H groups in total. The molecule has 3 heterocycles. The summed E-state index contributed by atoms with van der Waals surface area (Å²) in [5.41, 5.74) is 7.95. The number of benzene rings is 2.